The summed E-state index contributed by atoms with van der Waals surface area (Å²) in [6.07, 6.45) is 17.4. The largest absolute Gasteiger partial charge is 0.120 e. The van der Waals surface area contributed by atoms with Crippen molar-refractivity contribution in [1.29, 1.82) is 0 Å². The lowest BCUT2D eigenvalue weighted by Gasteiger charge is -1.97. The van der Waals surface area contributed by atoms with Crippen molar-refractivity contribution < 1.29 is 0 Å². The van der Waals surface area contributed by atoms with E-state index in [4.69, 9.17) is 6.42 Å². The lowest BCUT2D eigenvalue weighted by Crippen LogP contribution is -1.79. The van der Waals surface area contributed by atoms with Gasteiger partial charge < -0.3 is 0 Å². The van der Waals surface area contributed by atoms with Crippen LogP contribution in [-0.2, 0) is 0 Å². The van der Waals surface area contributed by atoms with Gasteiger partial charge in [-0.15, -0.1) is 24.2 Å². The van der Waals surface area contributed by atoms with E-state index in [2.05, 4.69) is 24.7 Å². The summed E-state index contributed by atoms with van der Waals surface area (Å²) in [5, 5.41) is 0. The first kappa shape index (κ1) is 14.1. The lowest BCUT2D eigenvalue weighted by atomic mass is 10.1. The summed E-state index contributed by atoms with van der Waals surface area (Å²) in [7, 11) is 0. The van der Waals surface area contributed by atoms with Gasteiger partial charge in [0, 0.05) is 19.3 Å². The van der Waals surface area contributed by atoms with Gasteiger partial charge >= 0.3 is 0 Å². The zero-order chi connectivity index (χ0) is 11.2. The molecule has 0 unspecified atom stereocenters. The molecule has 0 aliphatic rings. The Morgan fingerprint density at radius 2 is 1.33 bits per heavy atom. The number of unbranched alkanes of at least 4 members (excludes halogenated alkanes) is 8. The van der Waals surface area contributed by atoms with Gasteiger partial charge in [-0.05, 0) is 6.42 Å². The van der Waals surface area contributed by atoms with Crippen molar-refractivity contribution in [2.24, 2.45) is 0 Å². The zero-order valence-corrected chi connectivity index (χ0v) is 10.1. The van der Waals surface area contributed by atoms with E-state index in [9.17, 15) is 0 Å². The summed E-state index contributed by atoms with van der Waals surface area (Å²) in [6, 6.07) is 0. The molecule has 0 atom stereocenters. The fourth-order valence-electron chi connectivity index (χ4n) is 1.48. The summed E-state index contributed by atoms with van der Waals surface area (Å²) < 4.78 is 0. The predicted molar refractivity (Wildman–Crippen MR) is 68.5 cm³/mol. The van der Waals surface area contributed by atoms with Crippen molar-refractivity contribution in [2.75, 3.05) is 0 Å². The third kappa shape index (κ3) is 13.1. The highest BCUT2D eigenvalue weighted by Gasteiger charge is 1.88. The van der Waals surface area contributed by atoms with Crippen LogP contribution in [0.25, 0.3) is 0 Å². The van der Waals surface area contributed by atoms with E-state index in [0.29, 0.717) is 0 Å². The van der Waals surface area contributed by atoms with E-state index in [0.717, 1.165) is 19.3 Å². The van der Waals surface area contributed by atoms with E-state index in [1.165, 1.54) is 44.9 Å². The molecular formula is C15H24. The average molecular weight is 204 g/mol. The second-order valence-corrected chi connectivity index (χ2v) is 3.93. The quantitative estimate of drug-likeness (QED) is 0.402. The van der Waals surface area contributed by atoms with Crippen LogP contribution in [0.5, 0.6) is 0 Å². The Hall–Kier alpha value is -0.880. The number of rotatable bonds is 8. The molecule has 0 radical (unpaired) electrons. The van der Waals surface area contributed by atoms with Crippen molar-refractivity contribution in [3.05, 3.63) is 0 Å². The summed E-state index contributed by atoms with van der Waals surface area (Å²) in [5.74, 6) is 8.88. The topological polar surface area (TPSA) is 0 Å². The summed E-state index contributed by atoms with van der Waals surface area (Å²) >= 11 is 0. The third-order valence-electron chi connectivity index (χ3n) is 2.42. The molecule has 84 valence electrons. The molecule has 0 N–H and O–H groups in total. The average Bonchev–Trinajstić information content (AvgIpc) is 2.26. The molecule has 0 aliphatic carbocycles. The molecule has 0 bridgehead atoms. The minimum Gasteiger partial charge on any atom is -0.120 e. The molecule has 0 spiro atoms. The normalized spacial score (nSPS) is 9.07. The Morgan fingerprint density at radius 1 is 0.733 bits per heavy atom. The standard InChI is InChI=1S/C15H24/c1-3-5-7-9-11-13-15-14-12-10-8-6-4-2/h1H,4-8,10,12-15H2,2H3. The minimum absolute atomic E-state index is 0.796. The van der Waals surface area contributed by atoms with Crippen molar-refractivity contribution in [3.63, 3.8) is 0 Å². The maximum absolute atomic E-state index is 5.13. The van der Waals surface area contributed by atoms with Crippen LogP contribution in [0.2, 0.25) is 0 Å². The number of terminal acetylenes is 1. The van der Waals surface area contributed by atoms with Gasteiger partial charge in [-0.3, -0.25) is 0 Å². The maximum atomic E-state index is 5.13. The minimum atomic E-state index is 0.796. The second kappa shape index (κ2) is 13.1. The fraction of sp³-hybridized carbons (Fsp3) is 0.733. The molecule has 0 nitrogen and oxygen atoms in total. The van der Waals surface area contributed by atoms with E-state index in [1.807, 2.05) is 0 Å². The molecule has 0 heteroatoms. The maximum Gasteiger partial charge on any atom is 0.0198 e. The molecule has 0 saturated carbocycles. The lowest BCUT2D eigenvalue weighted by molar-refractivity contribution is 0.594. The zero-order valence-electron chi connectivity index (χ0n) is 10.1. The van der Waals surface area contributed by atoms with Crippen molar-refractivity contribution in [1.82, 2.24) is 0 Å². The Balaban J connectivity index is 3.03. The van der Waals surface area contributed by atoms with Gasteiger partial charge in [-0.25, -0.2) is 0 Å². The molecule has 0 aromatic heterocycles. The first-order valence-electron chi connectivity index (χ1n) is 6.31. The van der Waals surface area contributed by atoms with Crippen LogP contribution in [-0.4, -0.2) is 0 Å². The molecule has 15 heavy (non-hydrogen) atoms. The molecular weight excluding hydrogens is 180 g/mol. The number of hydrogen-bond donors (Lipinski definition) is 0. The van der Waals surface area contributed by atoms with Crippen LogP contribution in [0.3, 0.4) is 0 Å². The van der Waals surface area contributed by atoms with E-state index in [-0.39, 0.29) is 0 Å². The first-order valence-corrected chi connectivity index (χ1v) is 6.31. The Bertz CT molecular complexity index is 208. The Morgan fingerprint density at radius 3 is 2.00 bits per heavy atom. The number of hydrogen-bond acceptors (Lipinski definition) is 0. The van der Waals surface area contributed by atoms with Crippen molar-refractivity contribution >= 4 is 0 Å². The summed E-state index contributed by atoms with van der Waals surface area (Å²) in [6.45, 7) is 2.26. The van der Waals surface area contributed by atoms with Crippen molar-refractivity contribution in [2.45, 2.75) is 71.1 Å². The highest BCUT2D eigenvalue weighted by Crippen LogP contribution is 2.07. The molecule has 0 fully saturated rings. The third-order valence-corrected chi connectivity index (χ3v) is 2.42. The smallest absolute Gasteiger partial charge is 0.0198 e. The molecule has 0 saturated heterocycles. The van der Waals surface area contributed by atoms with Gasteiger partial charge in [0.15, 0.2) is 0 Å². The van der Waals surface area contributed by atoms with Gasteiger partial charge in [0.2, 0.25) is 0 Å². The molecule has 0 heterocycles. The fourth-order valence-corrected chi connectivity index (χ4v) is 1.48. The molecule has 0 rings (SSSR count). The predicted octanol–water partition coefficient (Wildman–Crippen LogP) is 4.54. The Labute approximate surface area is 95.8 Å². The monoisotopic (exact) mass is 204 g/mol. The first-order chi connectivity index (χ1) is 7.41. The van der Waals surface area contributed by atoms with E-state index in [1.54, 1.807) is 0 Å². The van der Waals surface area contributed by atoms with E-state index < -0.39 is 0 Å². The Kier molecular flexibility index (Phi) is 12.4. The van der Waals surface area contributed by atoms with E-state index >= 15 is 0 Å². The van der Waals surface area contributed by atoms with Crippen LogP contribution in [0.1, 0.15) is 71.1 Å². The highest BCUT2D eigenvalue weighted by atomic mass is 13.9. The van der Waals surface area contributed by atoms with Gasteiger partial charge in [-0.1, -0.05) is 45.4 Å². The van der Waals surface area contributed by atoms with Crippen LogP contribution < -0.4 is 0 Å². The molecule has 0 aromatic rings. The second-order valence-electron chi connectivity index (χ2n) is 3.93. The van der Waals surface area contributed by atoms with Crippen molar-refractivity contribution in [3.8, 4) is 24.2 Å². The summed E-state index contributed by atoms with van der Waals surface area (Å²) in [5.41, 5.74) is 0. The van der Waals surface area contributed by atoms with Gasteiger partial charge in [-0.2, -0.15) is 0 Å². The van der Waals surface area contributed by atoms with Crippen LogP contribution >= 0.6 is 0 Å². The summed E-state index contributed by atoms with van der Waals surface area (Å²) in [4.78, 5) is 0. The SMILES string of the molecule is C#CCCC#CCCCCCCCCC. The molecule has 0 amide bonds. The molecule has 0 aliphatic heterocycles. The molecule has 0 aromatic carbocycles. The van der Waals surface area contributed by atoms with Crippen LogP contribution in [0.15, 0.2) is 0 Å². The van der Waals surface area contributed by atoms with Gasteiger partial charge in [0.25, 0.3) is 0 Å². The highest BCUT2D eigenvalue weighted by molar-refractivity contribution is 5.01. The van der Waals surface area contributed by atoms with Crippen LogP contribution in [0, 0.1) is 24.2 Å². The van der Waals surface area contributed by atoms with Crippen LogP contribution in [0.4, 0.5) is 0 Å². The van der Waals surface area contributed by atoms with Gasteiger partial charge in [0.1, 0.15) is 0 Å². The van der Waals surface area contributed by atoms with Gasteiger partial charge in [0.05, 0.1) is 0 Å².